The number of halogens is 2. The first-order valence-corrected chi connectivity index (χ1v) is 9.85. The van der Waals surface area contributed by atoms with Crippen LogP contribution in [0.25, 0.3) is 20.9 Å². The smallest absolute Gasteiger partial charge is 0.262 e. The van der Waals surface area contributed by atoms with Crippen LogP contribution in [0.3, 0.4) is 0 Å². The van der Waals surface area contributed by atoms with E-state index in [4.69, 9.17) is 27.9 Å². The van der Waals surface area contributed by atoms with Gasteiger partial charge >= 0.3 is 0 Å². The van der Waals surface area contributed by atoms with Crippen LogP contribution in [0.4, 0.5) is 5.69 Å². The zero-order chi connectivity index (χ0) is 19.5. The number of carbonyl (C=O) groups excluding carboxylic acids is 1. The van der Waals surface area contributed by atoms with Crippen molar-refractivity contribution >= 4 is 56.5 Å². The largest absolute Gasteiger partial charge is 0.482 e. The summed E-state index contributed by atoms with van der Waals surface area (Å²) in [4.78, 5) is 22.0. The van der Waals surface area contributed by atoms with Crippen LogP contribution in [0.2, 0.25) is 10.0 Å². The van der Waals surface area contributed by atoms with E-state index in [-0.39, 0.29) is 12.5 Å². The van der Waals surface area contributed by atoms with Crippen molar-refractivity contribution in [2.24, 2.45) is 0 Å². The van der Waals surface area contributed by atoms with Gasteiger partial charge in [-0.2, -0.15) is 0 Å². The van der Waals surface area contributed by atoms with Crippen LogP contribution >= 0.6 is 34.5 Å². The summed E-state index contributed by atoms with van der Waals surface area (Å²) in [5.74, 6) is 0.0548. The molecule has 5 nitrogen and oxygen atoms in total. The summed E-state index contributed by atoms with van der Waals surface area (Å²) in [5, 5.41) is 4.53. The molecule has 1 N–H and O–H groups in total. The lowest BCUT2D eigenvalue weighted by Gasteiger charge is -2.09. The Kier molecular flexibility index (Phi) is 5.43. The number of nitrogens with one attached hydrogen (secondary N) is 1. The molecule has 8 heteroatoms. The summed E-state index contributed by atoms with van der Waals surface area (Å²) >= 11 is 13.5. The average Bonchev–Trinajstić information content (AvgIpc) is 3.13. The molecule has 0 aliphatic rings. The Morgan fingerprint density at radius 2 is 2.00 bits per heavy atom. The number of amides is 1. The van der Waals surface area contributed by atoms with E-state index < -0.39 is 0 Å². The fourth-order valence-electron chi connectivity index (χ4n) is 2.55. The van der Waals surface area contributed by atoms with Crippen molar-refractivity contribution in [2.45, 2.75) is 0 Å². The van der Waals surface area contributed by atoms with Crippen LogP contribution < -0.4 is 10.1 Å². The molecule has 2 aromatic heterocycles. The summed E-state index contributed by atoms with van der Waals surface area (Å²) in [6, 6.07) is 16.1. The molecule has 0 aliphatic heterocycles. The number of nitrogens with zero attached hydrogens (tertiary/aromatic N) is 2. The third-order valence-electron chi connectivity index (χ3n) is 3.81. The van der Waals surface area contributed by atoms with Crippen molar-refractivity contribution < 1.29 is 9.53 Å². The van der Waals surface area contributed by atoms with Gasteiger partial charge in [0.2, 0.25) is 0 Å². The first kappa shape index (κ1) is 18.7. The van der Waals surface area contributed by atoms with Gasteiger partial charge in [-0.05, 0) is 36.4 Å². The number of fused-ring (bicyclic) bond motifs is 1. The Bertz CT molecular complexity index is 1130. The summed E-state index contributed by atoms with van der Waals surface area (Å²) in [6.45, 7) is -0.185. The quantitative estimate of drug-likeness (QED) is 0.442. The number of aromatic nitrogens is 2. The molecule has 4 aromatic rings. The van der Waals surface area contributed by atoms with Crippen LogP contribution in [0, 0.1) is 0 Å². The average molecular weight is 430 g/mol. The SMILES string of the molecule is O=C(COc1cc(Cl)ccc1Cl)Nc1cccc(-c2nc3cccnc3s2)c1. The molecule has 0 radical (unpaired) electrons. The Morgan fingerprint density at radius 3 is 2.86 bits per heavy atom. The summed E-state index contributed by atoms with van der Waals surface area (Å²) in [7, 11) is 0. The predicted molar refractivity (Wildman–Crippen MR) is 113 cm³/mol. The molecule has 28 heavy (non-hydrogen) atoms. The van der Waals surface area contributed by atoms with Gasteiger partial charge in [0.15, 0.2) is 6.61 Å². The minimum Gasteiger partial charge on any atom is -0.482 e. The third kappa shape index (κ3) is 4.25. The Labute approximate surface area is 174 Å². The van der Waals surface area contributed by atoms with Crippen molar-refractivity contribution in [2.75, 3.05) is 11.9 Å². The Balaban J connectivity index is 1.45. The minimum atomic E-state index is -0.306. The van der Waals surface area contributed by atoms with Crippen LogP contribution in [0.15, 0.2) is 60.8 Å². The second kappa shape index (κ2) is 8.14. The fraction of sp³-hybridized carbons (Fsp3) is 0.0500. The number of rotatable bonds is 5. The first-order valence-electron chi connectivity index (χ1n) is 8.28. The van der Waals surface area contributed by atoms with Gasteiger partial charge in [0.1, 0.15) is 21.1 Å². The maximum Gasteiger partial charge on any atom is 0.262 e. The molecule has 0 unspecified atom stereocenters. The molecule has 4 rings (SSSR count). The van der Waals surface area contributed by atoms with E-state index in [9.17, 15) is 4.79 Å². The number of thiazole rings is 1. The number of hydrogen-bond acceptors (Lipinski definition) is 5. The van der Waals surface area contributed by atoms with Crippen molar-refractivity contribution in [3.63, 3.8) is 0 Å². The lowest BCUT2D eigenvalue weighted by atomic mass is 10.2. The number of anilines is 1. The van der Waals surface area contributed by atoms with Gasteiger partial charge in [-0.25, -0.2) is 9.97 Å². The molecule has 1 amide bonds. The molecule has 0 atom stereocenters. The normalized spacial score (nSPS) is 10.8. The van der Waals surface area contributed by atoms with Crippen LogP contribution in [-0.2, 0) is 4.79 Å². The zero-order valence-corrected chi connectivity index (χ0v) is 16.7. The maximum absolute atomic E-state index is 12.2. The topological polar surface area (TPSA) is 64.1 Å². The summed E-state index contributed by atoms with van der Waals surface area (Å²) in [5.41, 5.74) is 2.40. The summed E-state index contributed by atoms with van der Waals surface area (Å²) in [6.07, 6.45) is 1.74. The van der Waals surface area contributed by atoms with Crippen molar-refractivity contribution in [1.82, 2.24) is 9.97 Å². The van der Waals surface area contributed by atoms with Gasteiger partial charge in [-0.1, -0.05) is 46.7 Å². The second-order valence-electron chi connectivity index (χ2n) is 5.84. The Hall–Kier alpha value is -2.67. The molecule has 0 fully saturated rings. The highest BCUT2D eigenvalue weighted by Gasteiger charge is 2.10. The molecular weight excluding hydrogens is 417 g/mol. The lowest BCUT2D eigenvalue weighted by Crippen LogP contribution is -2.20. The monoisotopic (exact) mass is 429 g/mol. The van der Waals surface area contributed by atoms with E-state index in [1.165, 1.54) is 11.3 Å². The van der Waals surface area contributed by atoms with E-state index in [0.717, 1.165) is 20.9 Å². The van der Waals surface area contributed by atoms with Gasteiger partial charge in [-0.15, -0.1) is 0 Å². The molecule has 0 saturated heterocycles. The van der Waals surface area contributed by atoms with Crippen molar-refractivity contribution in [3.8, 4) is 16.3 Å². The molecule has 2 aromatic carbocycles. The van der Waals surface area contributed by atoms with E-state index in [0.29, 0.717) is 21.5 Å². The molecule has 140 valence electrons. The lowest BCUT2D eigenvalue weighted by molar-refractivity contribution is -0.118. The van der Waals surface area contributed by atoms with Gasteiger partial charge in [-0.3, -0.25) is 4.79 Å². The van der Waals surface area contributed by atoms with E-state index >= 15 is 0 Å². The molecule has 0 saturated carbocycles. The van der Waals surface area contributed by atoms with Gasteiger partial charge in [0.05, 0.1) is 5.02 Å². The number of carbonyl (C=O) groups is 1. The van der Waals surface area contributed by atoms with Crippen LogP contribution in [0.1, 0.15) is 0 Å². The number of hydrogen-bond donors (Lipinski definition) is 1. The van der Waals surface area contributed by atoms with Gasteiger partial charge in [0, 0.05) is 28.5 Å². The number of ether oxygens (including phenoxy) is 1. The van der Waals surface area contributed by atoms with Crippen molar-refractivity contribution in [3.05, 3.63) is 70.8 Å². The number of pyridine rings is 1. The zero-order valence-electron chi connectivity index (χ0n) is 14.4. The van der Waals surface area contributed by atoms with Crippen molar-refractivity contribution in [1.29, 1.82) is 0 Å². The predicted octanol–water partition coefficient (Wildman–Crippen LogP) is 5.68. The van der Waals surface area contributed by atoms with E-state index in [2.05, 4.69) is 15.3 Å². The molecule has 0 aliphatic carbocycles. The molecular formula is C20H13Cl2N3O2S. The highest BCUT2D eigenvalue weighted by Crippen LogP contribution is 2.30. The fourth-order valence-corrected chi connectivity index (χ4v) is 3.79. The highest BCUT2D eigenvalue weighted by molar-refractivity contribution is 7.21. The summed E-state index contributed by atoms with van der Waals surface area (Å²) < 4.78 is 5.46. The van der Waals surface area contributed by atoms with Gasteiger partial charge in [0.25, 0.3) is 5.91 Å². The van der Waals surface area contributed by atoms with E-state index in [1.807, 2.05) is 30.3 Å². The standard InChI is InChI=1S/C20H13Cl2N3O2S/c21-13-6-7-15(22)17(10-13)27-11-18(26)24-14-4-1-3-12(9-14)19-25-16-5-2-8-23-20(16)28-19/h1-10H,11H2,(H,24,26). The van der Waals surface area contributed by atoms with Crippen LogP contribution in [0.5, 0.6) is 5.75 Å². The first-order chi connectivity index (χ1) is 13.6. The minimum absolute atomic E-state index is 0.185. The molecule has 0 spiro atoms. The van der Waals surface area contributed by atoms with Crippen LogP contribution in [-0.4, -0.2) is 22.5 Å². The molecule has 2 heterocycles. The second-order valence-corrected chi connectivity index (χ2v) is 7.66. The maximum atomic E-state index is 12.2. The third-order valence-corrected chi connectivity index (χ3v) is 5.39. The number of benzene rings is 2. The van der Waals surface area contributed by atoms with Gasteiger partial charge < -0.3 is 10.1 Å². The highest BCUT2D eigenvalue weighted by atomic mass is 35.5. The Morgan fingerprint density at radius 1 is 1.11 bits per heavy atom. The van der Waals surface area contributed by atoms with E-state index in [1.54, 1.807) is 30.5 Å². The molecule has 0 bridgehead atoms.